The summed E-state index contributed by atoms with van der Waals surface area (Å²) in [6.45, 7) is 0.723. The maximum atomic E-state index is 4.45. The van der Waals surface area contributed by atoms with Crippen molar-refractivity contribution in [2.45, 2.75) is 32.2 Å². The lowest BCUT2D eigenvalue weighted by molar-refractivity contribution is 0.663. The number of nitrogens with one attached hydrogen (secondary N) is 2. The van der Waals surface area contributed by atoms with Crippen LogP contribution in [0.2, 0.25) is 0 Å². The van der Waals surface area contributed by atoms with Gasteiger partial charge >= 0.3 is 0 Å². The van der Waals surface area contributed by atoms with Gasteiger partial charge in [-0.3, -0.25) is 0 Å². The average molecular weight is 305 g/mol. The molecule has 5 nitrogen and oxygen atoms in total. The molecule has 0 saturated heterocycles. The Morgan fingerprint density at radius 1 is 1.04 bits per heavy atom. The highest BCUT2D eigenvalue weighted by Crippen LogP contribution is 2.26. The van der Waals surface area contributed by atoms with Gasteiger partial charge in [0.1, 0.15) is 18.0 Å². The first-order valence-corrected chi connectivity index (χ1v) is 8.06. The summed E-state index contributed by atoms with van der Waals surface area (Å²) < 4.78 is 0. The van der Waals surface area contributed by atoms with E-state index in [9.17, 15) is 0 Å². The molecule has 1 aliphatic carbocycles. The van der Waals surface area contributed by atoms with E-state index in [0.29, 0.717) is 0 Å². The van der Waals surface area contributed by atoms with E-state index in [1.54, 1.807) is 12.5 Å². The molecule has 0 atom stereocenters. The van der Waals surface area contributed by atoms with E-state index >= 15 is 0 Å². The molecule has 116 valence electrons. The SMILES string of the molecule is c1ccc(-c2ncc[nH]2)c(CNc2ncnc3c2CCCC3)c1. The molecule has 4 rings (SSSR count). The average Bonchev–Trinajstić information content (AvgIpc) is 3.14. The Bertz CT molecular complexity index is 795. The Labute approximate surface area is 135 Å². The summed E-state index contributed by atoms with van der Waals surface area (Å²) in [4.78, 5) is 16.4. The van der Waals surface area contributed by atoms with Crippen molar-refractivity contribution in [1.29, 1.82) is 0 Å². The first-order chi connectivity index (χ1) is 11.4. The molecule has 0 unspecified atom stereocenters. The fourth-order valence-corrected chi connectivity index (χ4v) is 3.17. The van der Waals surface area contributed by atoms with Crippen LogP contribution in [0, 0.1) is 0 Å². The molecule has 0 bridgehead atoms. The van der Waals surface area contributed by atoms with Crippen LogP contribution in [0.25, 0.3) is 11.4 Å². The van der Waals surface area contributed by atoms with Crippen LogP contribution in [-0.4, -0.2) is 19.9 Å². The van der Waals surface area contributed by atoms with Gasteiger partial charge in [-0.1, -0.05) is 24.3 Å². The van der Waals surface area contributed by atoms with E-state index in [1.165, 1.54) is 29.7 Å². The Hall–Kier alpha value is -2.69. The maximum Gasteiger partial charge on any atom is 0.137 e. The zero-order chi connectivity index (χ0) is 15.5. The fraction of sp³-hybridized carbons (Fsp3) is 0.278. The van der Waals surface area contributed by atoms with E-state index in [1.807, 2.05) is 12.3 Å². The number of hydrogen-bond acceptors (Lipinski definition) is 4. The Morgan fingerprint density at radius 3 is 2.87 bits per heavy atom. The number of benzene rings is 1. The molecule has 23 heavy (non-hydrogen) atoms. The predicted octanol–water partition coefficient (Wildman–Crippen LogP) is 3.36. The summed E-state index contributed by atoms with van der Waals surface area (Å²) in [7, 11) is 0. The standard InChI is InChI=1S/C18H19N5/c1-2-6-14(17-19-9-10-20-17)13(5-1)11-21-18-15-7-3-4-8-16(15)22-12-23-18/h1-2,5-6,9-10,12H,3-4,7-8,11H2,(H,19,20)(H,21,22,23). The van der Waals surface area contributed by atoms with Crippen molar-refractivity contribution in [2.75, 3.05) is 5.32 Å². The molecule has 0 saturated carbocycles. The van der Waals surface area contributed by atoms with E-state index in [-0.39, 0.29) is 0 Å². The lowest BCUT2D eigenvalue weighted by Crippen LogP contribution is -2.12. The van der Waals surface area contributed by atoms with Crippen molar-refractivity contribution in [3.63, 3.8) is 0 Å². The van der Waals surface area contributed by atoms with E-state index in [2.05, 4.69) is 43.5 Å². The normalized spacial score (nSPS) is 13.6. The van der Waals surface area contributed by atoms with Crippen molar-refractivity contribution in [2.24, 2.45) is 0 Å². The van der Waals surface area contributed by atoms with Gasteiger partial charge in [-0.2, -0.15) is 0 Å². The second kappa shape index (κ2) is 6.20. The van der Waals surface area contributed by atoms with Gasteiger partial charge in [-0.25, -0.2) is 15.0 Å². The van der Waals surface area contributed by atoms with Crippen LogP contribution < -0.4 is 5.32 Å². The number of H-pyrrole nitrogens is 1. The molecule has 5 heteroatoms. The van der Waals surface area contributed by atoms with Crippen LogP contribution in [0.1, 0.15) is 29.7 Å². The van der Waals surface area contributed by atoms with Gasteiger partial charge in [0.25, 0.3) is 0 Å². The van der Waals surface area contributed by atoms with Gasteiger partial charge in [0.2, 0.25) is 0 Å². The van der Waals surface area contributed by atoms with Gasteiger partial charge in [-0.05, 0) is 31.2 Å². The molecule has 3 aromatic rings. The number of imidazole rings is 1. The highest BCUT2D eigenvalue weighted by atomic mass is 15.0. The summed E-state index contributed by atoms with van der Waals surface area (Å²) in [6.07, 6.45) is 9.88. The molecule has 2 N–H and O–H groups in total. The summed E-state index contributed by atoms with van der Waals surface area (Å²) in [5.41, 5.74) is 4.81. The molecular weight excluding hydrogens is 286 g/mol. The molecule has 0 aliphatic heterocycles. The maximum absolute atomic E-state index is 4.45. The fourth-order valence-electron chi connectivity index (χ4n) is 3.17. The zero-order valence-corrected chi connectivity index (χ0v) is 12.9. The second-order valence-electron chi connectivity index (χ2n) is 5.80. The number of hydrogen-bond donors (Lipinski definition) is 2. The first-order valence-electron chi connectivity index (χ1n) is 8.06. The van der Waals surface area contributed by atoms with Crippen LogP contribution in [0.5, 0.6) is 0 Å². The van der Waals surface area contributed by atoms with Crippen molar-refractivity contribution < 1.29 is 0 Å². The van der Waals surface area contributed by atoms with E-state index in [4.69, 9.17) is 0 Å². The van der Waals surface area contributed by atoms with Crippen LogP contribution >= 0.6 is 0 Å². The number of nitrogens with zero attached hydrogens (tertiary/aromatic N) is 3. The summed E-state index contributed by atoms with van der Waals surface area (Å²) >= 11 is 0. The van der Waals surface area contributed by atoms with Gasteiger partial charge in [-0.15, -0.1) is 0 Å². The molecule has 0 radical (unpaired) electrons. The lowest BCUT2D eigenvalue weighted by Gasteiger charge is -2.18. The second-order valence-corrected chi connectivity index (χ2v) is 5.80. The molecule has 1 aliphatic rings. The number of aromatic amines is 1. The van der Waals surface area contributed by atoms with Crippen LogP contribution in [0.4, 0.5) is 5.82 Å². The minimum atomic E-state index is 0.723. The molecule has 0 spiro atoms. The van der Waals surface area contributed by atoms with Gasteiger partial charge in [0.05, 0.1) is 0 Å². The molecule has 1 aromatic carbocycles. The lowest BCUT2D eigenvalue weighted by atomic mass is 9.96. The largest absolute Gasteiger partial charge is 0.366 e. The number of anilines is 1. The number of rotatable bonds is 4. The summed E-state index contributed by atoms with van der Waals surface area (Å²) in [5.74, 6) is 1.87. The monoisotopic (exact) mass is 305 g/mol. The minimum absolute atomic E-state index is 0.723. The van der Waals surface area contributed by atoms with Gasteiger partial charge in [0, 0.05) is 35.8 Å². The van der Waals surface area contributed by atoms with Crippen molar-refractivity contribution in [3.05, 3.63) is 59.8 Å². The highest BCUT2D eigenvalue weighted by Gasteiger charge is 2.15. The Morgan fingerprint density at radius 2 is 1.96 bits per heavy atom. The molecule has 2 aromatic heterocycles. The predicted molar refractivity (Wildman–Crippen MR) is 90.0 cm³/mol. The van der Waals surface area contributed by atoms with Gasteiger partial charge in [0.15, 0.2) is 0 Å². The highest BCUT2D eigenvalue weighted by molar-refractivity contribution is 5.61. The number of aryl methyl sites for hydroxylation is 1. The van der Waals surface area contributed by atoms with Crippen molar-refractivity contribution >= 4 is 5.82 Å². The Balaban J connectivity index is 1.59. The number of fused-ring (bicyclic) bond motifs is 1. The van der Waals surface area contributed by atoms with Crippen LogP contribution in [0.15, 0.2) is 43.0 Å². The third-order valence-electron chi connectivity index (χ3n) is 4.34. The third-order valence-corrected chi connectivity index (χ3v) is 4.34. The first kappa shape index (κ1) is 13.9. The topological polar surface area (TPSA) is 66.5 Å². The molecule has 0 amide bonds. The molecule has 0 fully saturated rings. The molecule has 2 heterocycles. The minimum Gasteiger partial charge on any atom is -0.366 e. The van der Waals surface area contributed by atoms with E-state index < -0.39 is 0 Å². The van der Waals surface area contributed by atoms with Crippen LogP contribution in [0.3, 0.4) is 0 Å². The molecular formula is C18H19N5. The third kappa shape index (κ3) is 2.82. The smallest absolute Gasteiger partial charge is 0.137 e. The van der Waals surface area contributed by atoms with Crippen LogP contribution in [-0.2, 0) is 19.4 Å². The van der Waals surface area contributed by atoms with Gasteiger partial charge < -0.3 is 10.3 Å². The summed E-state index contributed by atoms with van der Waals surface area (Å²) in [5, 5.41) is 3.50. The quantitative estimate of drug-likeness (QED) is 0.775. The van der Waals surface area contributed by atoms with E-state index in [0.717, 1.165) is 36.6 Å². The Kier molecular flexibility index (Phi) is 3.76. The zero-order valence-electron chi connectivity index (χ0n) is 12.9. The summed E-state index contributed by atoms with van der Waals surface area (Å²) in [6, 6.07) is 8.30. The van der Waals surface area contributed by atoms with Crippen molar-refractivity contribution in [3.8, 4) is 11.4 Å². The number of aromatic nitrogens is 4. The van der Waals surface area contributed by atoms with Crippen molar-refractivity contribution in [1.82, 2.24) is 19.9 Å².